The SMILES string of the molecule is C[C@H](COC(=O)NS(=O)(=O)c1ccc2c(c1)CCC(C)(C)O2)C1CC[C@@]2(N)C3[C@H](O)CC4(C)C[C@H](O)CCC4(C)[C@@]3(N)CCC12C. The van der Waals surface area contributed by atoms with Gasteiger partial charge in [-0.2, -0.15) is 0 Å². The molecule has 0 spiro atoms. The predicted molar refractivity (Wildman–Crippen MR) is 174 cm³/mol. The molecule has 0 bridgehead atoms. The van der Waals surface area contributed by atoms with E-state index in [1.807, 2.05) is 20.8 Å². The third-order valence-corrected chi connectivity index (χ3v) is 15.4. The van der Waals surface area contributed by atoms with E-state index in [1.165, 1.54) is 6.07 Å². The van der Waals surface area contributed by atoms with Gasteiger partial charge in [0.15, 0.2) is 0 Å². The number of aliphatic hydroxyl groups excluding tert-OH is 2. The molecule has 6 rings (SSSR count). The van der Waals surface area contributed by atoms with Gasteiger partial charge in [0.2, 0.25) is 0 Å². The van der Waals surface area contributed by atoms with E-state index in [4.69, 9.17) is 20.9 Å². The van der Waals surface area contributed by atoms with Gasteiger partial charge in [-0.05, 0) is 130 Å². The first-order valence-corrected chi connectivity index (χ1v) is 18.6. The summed E-state index contributed by atoms with van der Waals surface area (Å²) < 4.78 is 39.7. The van der Waals surface area contributed by atoms with Crippen molar-refractivity contribution in [3.63, 3.8) is 0 Å². The topological polar surface area (TPSA) is 174 Å². The maximum Gasteiger partial charge on any atom is 0.421 e. The molecule has 4 aliphatic carbocycles. The Labute approximate surface area is 274 Å². The number of amides is 1. The Hall–Kier alpha value is -1.92. The van der Waals surface area contributed by atoms with Gasteiger partial charge in [-0.3, -0.25) is 0 Å². The third-order valence-electron chi connectivity index (χ3n) is 14.1. The molecular weight excluding hydrogens is 606 g/mol. The van der Waals surface area contributed by atoms with Crippen LogP contribution >= 0.6 is 0 Å². The maximum absolute atomic E-state index is 13.1. The molecule has 5 aliphatic rings. The lowest BCUT2D eigenvalue weighted by atomic mass is 9.35. The number of aryl methyl sites for hydroxylation is 1. The maximum atomic E-state index is 13.1. The second-order valence-electron chi connectivity index (χ2n) is 17.0. The molecule has 1 aliphatic heterocycles. The lowest BCUT2D eigenvalue weighted by Gasteiger charge is -2.73. The molecule has 10 nitrogen and oxygen atoms in total. The summed E-state index contributed by atoms with van der Waals surface area (Å²) in [5, 5.41) is 22.4. The second-order valence-corrected chi connectivity index (χ2v) is 18.7. The molecule has 0 radical (unpaired) electrons. The fourth-order valence-corrected chi connectivity index (χ4v) is 12.1. The van der Waals surface area contributed by atoms with Gasteiger partial charge in [0.25, 0.3) is 10.0 Å². The van der Waals surface area contributed by atoms with Crippen molar-refractivity contribution in [2.24, 2.45) is 45.5 Å². The van der Waals surface area contributed by atoms with Crippen LogP contribution in [-0.2, 0) is 21.2 Å². The Balaban J connectivity index is 1.14. The highest BCUT2D eigenvalue weighted by Gasteiger charge is 2.75. The average molecular weight is 662 g/mol. The summed E-state index contributed by atoms with van der Waals surface area (Å²) in [4.78, 5) is 12.8. The minimum absolute atomic E-state index is 0.00782. The van der Waals surface area contributed by atoms with Crippen molar-refractivity contribution in [3.8, 4) is 5.75 Å². The van der Waals surface area contributed by atoms with Gasteiger partial charge in [0.05, 0.1) is 23.7 Å². The van der Waals surface area contributed by atoms with Gasteiger partial charge in [0.1, 0.15) is 11.4 Å². The summed E-state index contributed by atoms with van der Waals surface area (Å²) in [6.07, 6.45) is 5.09. The van der Waals surface area contributed by atoms with E-state index in [2.05, 4.69) is 25.5 Å². The Morgan fingerprint density at radius 1 is 1.02 bits per heavy atom. The first-order valence-electron chi connectivity index (χ1n) is 17.2. The molecule has 0 aromatic heterocycles. The number of ether oxygens (including phenoxy) is 2. The molecule has 46 heavy (non-hydrogen) atoms. The standard InChI is InChI=1S/C35H55N3O7S/c1-21(20-44-29(41)38-46(42,43)24-7-8-27-22(17-24)9-12-30(2,3)45-27)25-11-14-34(36)28-26(40)19-31(4)18-23(39)10-13-33(31,6)35(28,37)16-15-32(25,34)5/h7-8,17,21,23,25-26,28,39-40H,9-16,18-20,36-37H2,1-6H3,(H,38,41)/t21-,23-,25?,26-,28?,31?,32?,33?,34-,35-/m1/s1. The van der Waals surface area contributed by atoms with Crippen LogP contribution in [0.2, 0.25) is 0 Å². The van der Waals surface area contributed by atoms with Crippen molar-refractivity contribution >= 4 is 16.1 Å². The predicted octanol–water partition coefficient (Wildman–Crippen LogP) is 4.38. The molecule has 11 heteroatoms. The normalized spacial score (nSPS) is 43.6. The minimum Gasteiger partial charge on any atom is -0.488 e. The number of aliphatic hydroxyl groups is 2. The van der Waals surface area contributed by atoms with E-state index < -0.39 is 33.3 Å². The summed E-state index contributed by atoms with van der Waals surface area (Å²) >= 11 is 0. The smallest absolute Gasteiger partial charge is 0.421 e. The van der Waals surface area contributed by atoms with Gasteiger partial charge >= 0.3 is 6.09 Å². The van der Waals surface area contributed by atoms with E-state index in [-0.39, 0.29) is 57.2 Å². The van der Waals surface area contributed by atoms with Crippen LogP contribution in [0.15, 0.2) is 23.1 Å². The summed E-state index contributed by atoms with van der Waals surface area (Å²) in [5.74, 6) is 0.359. The molecule has 4 fully saturated rings. The van der Waals surface area contributed by atoms with Crippen LogP contribution in [0.25, 0.3) is 0 Å². The number of nitrogens with one attached hydrogen (secondary N) is 1. The van der Waals surface area contributed by atoms with E-state index in [0.717, 1.165) is 37.7 Å². The number of benzene rings is 1. The molecule has 258 valence electrons. The van der Waals surface area contributed by atoms with E-state index in [0.29, 0.717) is 37.9 Å². The Kier molecular flexibility index (Phi) is 7.97. The summed E-state index contributed by atoms with van der Waals surface area (Å²) in [6, 6.07) is 4.64. The van der Waals surface area contributed by atoms with Crippen LogP contribution in [0.4, 0.5) is 4.79 Å². The van der Waals surface area contributed by atoms with Gasteiger partial charge in [-0.25, -0.2) is 17.9 Å². The monoisotopic (exact) mass is 661 g/mol. The zero-order valence-corrected chi connectivity index (χ0v) is 29.2. The van der Waals surface area contributed by atoms with Crippen LogP contribution in [0.1, 0.15) is 105 Å². The highest BCUT2D eigenvalue weighted by molar-refractivity contribution is 7.90. The van der Waals surface area contributed by atoms with Crippen molar-refractivity contribution < 1.29 is 32.9 Å². The van der Waals surface area contributed by atoms with Gasteiger partial charge in [0, 0.05) is 17.0 Å². The van der Waals surface area contributed by atoms with Crippen molar-refractivity contribution in [1.29, 1.82) is 0 Å². The van der Waals surface area contributed by atoms with Crippen LogP contribution in [0, 0.1) is 34.0 Å². The summed E-state index contributed by atoms with van der Waals surface area (Å²) in [5.41, 5.74) is 13.2. The number of carbonyl (C=O) groups is 1. The Morgan fingerprint density at radius 2 is 1.74 bits per heavy atom. The number of hydrogen-bond donors (Lipinski definition) is 5. The summed E-state index contributed by atoms with van der Waals surface area (Å²) in [7, 11) is -4.14. The van der Waals surface area contributed by atoms with Gasteiger partial charge in [-0.1, -0.05) is 27.7 Å². The van der Waals surface area contributed by atoms with Crippen LogP contribution < -0.4 is 20.9 Å². The van der Waals surface area contributed by atoms with Crippen LogP contribution in [0.3, 0.4) is 0 Å². The first-order chi connectivity index (χ1) is 21.2. The Bertz CT molecular complexity index is 1500. The quantitative estimate of drug-likeness (QED) is 0.307. The fraction of sp³-hybridized carbons (Fsp3) is 0.800. The van der Waals surface area contributed by atoms with E-state index in [1.54, 1.807) is 12.1 Å². The number of nitrogens with two attached hydrogens (primary N) is 2. The lowest BCUT2D eigenvalue weighted by molar-refractivity contribution is -0.227. The van der Waals surface area contributed by atoms with Crippen molar-refractivity contribution in [1.82, 2.24) is 4.72 Å². The number of rotatable bonds is 5. The number of fused-ring (bicyclic) bond motifs is 6. The second kappa shape index (κ2) is 10.8. The summed E-state index contributed by atoms with van der Waals surface area (Å²) in [6.45, 7) is 12.7. The number of sulfonamides is 1. The zero-order valence-electron chi connectivity index (χ0n) is 28.4. The zero-order chi connectivity index (χ0) is 33.7. The molecule has 1 aromatic rings. The first kappa shape index (κ1) is 34.0. The number of carbonyl (C=O) groups excluding carboxylic acids is 1. The fourth-order valence-electron chi connectivity index (χ4n) is 11.2. The Morgan fingerprint density at radius 3 is 2.46 bits per heavy atom. The molecule has 1 aromatic carbocycles. The molecule has 1 amide bonds. The van der Waals surface area contributed by atoms with Crippen LogP contribution in [-0.4, -0.2) is 60.2 Å². The van der Waals surface area contributed by atoms with Crippen molar-refractivity contribution in [3.05, 3.63) is 23.8 Å². The minimum atomic E-state index is -4.14. The van der Waals surface area contributed by atoms with Crippen molar-refractivity contribution in [2.45, 2.75) is 140 Å². The van der Waals surface area contributed by atoms with E-state index in [9.17, 15) is 23.4 Å². The van der Waals surface area contributed by atoms with Gasteiger partial charge < -0.3 is 31.2 Å². The highest BCUT2D eigenvalue weighted by atomic mass is 32.2. The molecule has 4 saturated carbocycles. The average Bonchev–Trinajstić information content (AvgIpc) is 3.22. The largest absolute Gasteiger partial charge is 0.488 e. The molecule has 10 atom stereocenters. The molecular formula is C35H55N3O7S. The molecule has 5 unspecified atom stereocenters. The number of hydrogen-bond acceptors (Lipinski definition) is 9. The van der Waals surface area contributed by atoms with Crippen LogP contribution in [0.5, 0.6) is 5.75 Å². The van der Waals surface area contributed by atoms with E-state index >= 15 is 0 Å². The molecule has 1 heterocycles. The van der Waals surface area contributed by atoms with Gasteiger partial charge in [-0.15, -0.1) is 0 Å². The molecule has 7 N–H and O–H groups in total. The van der Waals surface area contributed by atoms with Crippen molar-refractivity contribution in [2.75, 3.05) is 6.61 Å². The molecule has 0 saturated heterocycles. The highest BCUT2D eigenvalue weighted by Crippen LogP contribution is 2.72. The third kappa shape index (κ3) is 4.92. The lowest BCUT2D eigenvalue weighted by Crippen LogP contribution is -2.81.